The first-order chi connectivity index (χ1) is 19.5. The molecule has 1 aromatic rings. The molecule has 4 aliphatic rings. The number of para-hydroxylation sites is 1. The molecule has 0 radical (unpaired) electrons. The van der Waals surface area contributed by atoms with Crippen molar-refractivity contribution in [3.8, 4) is 0 Å². The number of hydrogen-bond donors (Lipinski definition) is 2. The summed E-state index contributed by atoms with van der Waals surface area (Å²) in [5.41, 5.74) is 0.340. The van der Waals surface area contributed by atoms with E-state index in [9.17, 15) is 19.2 Å². The molecule has 1 aromatic carbocycles. The number of urea groups is 1. The smallest absolute Gasteiger partial charge is 0.317 e. The predicted molar refractivity (Wildman–Crippen MR) is 156 cm³/mol. The molecule has 41 heavy (non-hydrogen) atoms. The highest BCUT2D eigenvalue weighted by Crippen LogP contribution is 2.47. The molecule has 1 spiro atoms. The van der Waals surface area contributed by atoms with Crippen molar-refractivity contribution in [2.45, 2.75) is 96.2 Å². The number of likely N-dealkylation sites (tertiary alicyclic amines) is 2. The van der Waals surface area contributed by atoms with Gasteiger partial charge in [0.1, 0.15) is 5.41 Å². The lowest BCUT2D eigenvalue weighted by molar-refractivity contribution is -0.140. The molecule has 1 saturated carbocycles. The van der Waals surface area contributed by atoms with Crippen molar-refractivity contribution in [3.63, 3.8) is 0 Å². The van der Waals surface area contributed by atoms with Crippen LogP contribution >= 0.6 is 0 Å². The molecular weight excluding hydrogens is 518 g/mol. The summed E-state index contributed by atoms with van der Waals surface area (Å²) in [6, 6.07) is 6.65. The van der Waals surface area contributed by atoms with E-state index < -0.39 is 23.5 Å². The van der Waals surface area contributed by atoms with Gasteiger partial charge in [0, 0.05) is 37.7 Å². The highest BCUT2D eigenvalue weighted by atomic mass is 16.2. The molecule has 0 aromatic heterocycles. The average molecular weight is 562 g/mol. The number of fused-ring (bicyclic) bond motifs is 2. The zero-order valence-corrected chi connectivity index (χ0v) is 24.6. The van der Waals surface area contributed by atoms with Crippen molar-refractivity contribution in [2.75, 3.05) is 25.0 Å². The fourth-order valence-corrected chi connectivity index (χ4v) is 6.86. The number of carbonyl (C=O) groups is 4. The minimum Gasteiger partial charge on any atom is -0.328 e. The minimum absolute atomic E-state index is 0.00474. The Morgan fingerprint density at radius 1 is 1.15 bits per heavy atom. The second kappa shape index (κ2) is 11.5. The van der Waals surface area contributed by atoms with Gasteiger partial charge < -0.3 is 15.5 Å². The van der Waals surface area contributed by atoms with Crippen LogP contribution in [0.4, 0.5) is 10.5 Å². The number of anilines is 1. The number of benzene rings is 1. The Morgan fingerprint density at radius 2 is 1.85 bits per heavy atom. The maximum absolute atomic E-state index is 14.2. The van der Waals surface area contributed by atoms with Gasteiger partial charge >= 0.3 is 12.2 Å². The highest BCUT2D eigenvalue weighted by molar-refractivity contribution is 6.07. The number of rotatable bonds is 8. The summed E-state index contributed by atoms with van der Waals surface area (Å²) < 4.78 is 0. The number of ketones is 1. The summed E-state index contributed by atoms with van der Waals surface area (Å²) in [5.74, 6) is -0.780. The number of nitrogens with zero attached hydrogens (tertiary/aromatic N) is 3. The normalized spacial score (nSPS) is 25.3. The largest absolute Gasteiger partial charge is 0.328 e. The van der Waals surface area contributed by atoms with Gasteiger partial charge in [-0.05, 0) is 55.1 Å². The first-order valence-corrected chi connectivity index (χ1v) is 15.2. The van der Waals surface area contributed by atoms with E-state index in [4.69, 9.17) is 6.57 Å². The van der Waals surface area contributed by atoms with Gasteiger partial charge in [-0.3, -0.25) is 24.1 Å². The van der Waals surface area contributed by atoms with Crippen molar-refractivity contribution in [1.82, 2.24) is 15.1 Å². The van der Waals surface area contributed by atoms with Crippen LogP contribution in [0.15, 0.2) is 24.3 Å². The van der Waals surface area contributed by atoms with E-state index in [1.54, 1.807) is 9.80 Å². The van der Waals surface area contributed by atoms with E-state index in [0.29, 0.717) is 31.8 Å². The zero-order valence-electron chi connectivity index (χ0n) is 24.6. The monoisotopic (exact) mass is 561 g/mol. The number of piperidine rings is 1. The third-order valence-electron chi connectivity index (χ3n) is 9.14. The van der Waals surface area contributed by atoms with E-state index in [0.717, 1.165) is 43.4 Å². The molecule has 220 valence electrons. The van der Waals surface area contributed by atoms with Crippen LogP contribution in [0.1, 0.15) is 84.1 Å². The van der Waals surface area contributed by atoms with Gasteiger partial charge in [-0.15, -0.1) is 0 Å². The average Bonchev–Trinajstić information content (AvgIpc) is 3.61. The van der Waals surface area contributed by atoms with Crippen molar-refractivity contribution in [2.24, 2.45) is 17.3 Å². The maximum Gasteiger partial charge on any atom is 0.317 e. The third kappa shape index (κ3) is 6.27. The van der Waals surface area contributed by atoms with Gasteiger partial charge in [-0.25, -0.2) is 11.4 Å². The number of Topliss-reactive ketones (excluding diaryl/α,β-unsaturated/α-hetero) is 1. The van der Waals surface area contributed by atoms with E-state index in [-0.39, 0.29) is 48.4 Å². The first kappa shape index (κ1) is 29.1. The van der Waals surface area contributed by atoms with E-state index in [2.05, 4.69) is 15.5 Å². The number of nitrogens with one attached hydrogen (secondary N) is 2. The molecule has 4 amide bonds. The van der Waals surface area contributed by atoms with Crippen molar-refractivity contribution >= 4 is 29.3 Å². The van der Waals surface area contributed by atoms with Crippen LogP contribution in [-0.2, 0) is 19.8 Å². The lowest BCUT2D eigenvalue weighted by Gasteiger charge is -2.31. The Hall–Kier alpha value is -3.41. The summed E-state index contributed by atoms with van der Waals surface area (Å²) >= 11 is 0. The molecule has 2 N–H and O–H groups in total. The molecule has 0 unspecified atom stereocenters. The van der Waals surface area contributed by atoms with Gasteiger partial charge in [-0.2, -0.15) is 0 Å². The topological polar surface area (TPSA) is 103 Å². The molecule has 2 saturated heterocycles. The predicted octanol–water partition coefficient (Wildman–Crippen LogP) is 4.73. The Kier molecular flexibility index (Phi) is 8.13. The Labute approximate surface area is 243 Å². The molecule has 4 atom stereocenters. The molecule has 3 aliphatic heterocycles. The summed E-state index contributed by atoms with van der Waals surface area (Å²) in [5, 5.41) is 5.96. The molecule has 3 fully saturated rings. The standard InChI is InChI=1S/C32H43N5O4/c1-31(2,3)18-22(17-26(38)25(16-21-12-13-21)35-30(41)36-14-8-5-9-15-36)28(39)37-20-32(19-27(37)33-4)23-10-6-7-11-24(23)34-29(32)40/h6-7,10-11,21-22,25,27H,5,8-9,12-20H2,1-3H3,(H,34,40)(H,35,41)/t22-,25-,27-,32-/m0/s1. The van der Waals surface area contributed by atoms with Crippen molar-refractivity contribution in [1.29, 1.82) is 0 Å². The Bertz CT molecular complexity index is 1240. The van der Waals surface area contributed by atoms with Crippen molar-refractivity contribution < 1.29 is 19.2 Å². The molecule has 0 bridgehead atoms. The van der Waals surface area contributed by atoms with Gasteiger partial charge in [0.05, 0.1) is 12.5 Å². The molecular formula is C32H43N5O4. The molecule has 3 heterocycles. The fourth-order valence-electron chi connectivity index (χ4n) is 6.86. The summed E-state index contributed by atoms with van der Waals surface area (Å²) in [4.78, 5) is 61.4. The molecule has 9 heteroatoms. The molecule has 1 aliphatic carbocycles. The fraction of sp³-hybridized carbons (Fsp3) is 0.656. The number of carbonyl (C=O) groups excluding carboxylic acids is 4. The third-order valence-corrected chi connectivity index (χ3v) is 9.14. The lowest BCUT2D eigenvalue weighted by atomic mass is 9.80. The Morgan fingerprint density at radius 3 is 2.51 bits per heavy atom. The SMILES string of the molecule is [C-]#[N+][C@@H]1C[C@@]2(CN1C(=O)[C@@H](CC(=O)[C@H](CC1CC1)NC(=O)N1CCCCC1)CC(C)(C)C)C(=O)Nc1ccccc12. The second-order valence-corrected chi connectivity index (χ2v) is 13.7. The van der Waals surface area contributed by atoms with Crippen molar-refractivity contribution in [3.05, 3.63) is 41.2 Å². The van der Waals surface area contributed by atoms with Gasteiger partial charge in [0.25, 0.3) is 0 Å². The lowest BCUT2D eigenvalue weighted by Crippen LogP contribution is -2.50. The summed E-state index contributed by atoms with van der Waals surface area (Å²) in [6.07, 6.45) is 5.69. The van der Waals surface area contributed by atoms with E-state index in [1.807, 2.05) is 45.0 Å². The number of amides is 4. The summed E-state index contributed by atoms with van der Waals surface area (Å²) in [7, 11) is 0. The molecule has 5 rings (SSSR count). The van der Waals surface area contributed by atoms with Gasteiger partial charge in [-0.1, -0.05) is 51.8 Å². The maximum atomic E-state index is 14.2. The first-order valence-electron chi connectivity index (χ1n) is 15.2. The Balaban J connectivity index is 1.35. The van der Waals surface area contributed by atoms with Crippen LogP contribution < -0.4 is 10.6 Å². The van der Waals surface area contributed by atoms with Crippen LogP contribution in [0.5, 0.6) is 0 Å². The molecule has 9 nitrogen and oxygen atoms in total. The van der Waals surface area contributed by atoms with Crippen LogP contribution in [0.25, 0.3) is 4.85 Å². The second-order valence-electron chi connectivity index (χ2n) is 13.7. The highest BCUT2D eigenvalue weighted by Gasteiger charge is 2.59. The van der Waals surface area contributed by atoms with Crippen LogP contribution in [0, 0.1) is 23.8 Å². The van der Waals surface area contributed by atoms with E-state index in [1.165, 1.54) is 0 Å². The summed E-state index contributed by atoms with van der Waals surface area (Å²) in [6.45, 7) is 15.5. The van der Waals surface area contributed by atoms with Gasteiger partial charge in [0.2, 0.25) is 11.8 Å². The van der Waals surface area contributed by atoms with Crippen LogP contribution in [-0.4, -0.2) is 65.3 Å². The van der Waals surface area contributed by atoms with E-state index >= 15 is 0 Å². The zero-order chi connectivity index (χ0) is 29.4. The quantitative estimate of drug-likeness (QED) is 0.448. The van der Waals surface area contributed by atoms with Crippen LogP contribution in [0.3, 0.4) is 0 Å². The van der Waals surface area contributed by atoms with Gasteiger partial charge in [0.15, 0.2) is 5.78 Å². The number of hydrogen-bond acceptors (Lipinski definition) is 4. The minimum atomic E-state index is -0.964. The van der Waals surface area contributed by atoms with Crippen LogP contribution in [0.2, 0.25) is 0 Å².